The molecule has 2 fully saturated rings. The van der Waals surface area contributed by atoms with Gasteiger partial charge in [-0.05, 0) is 30.9 Å². The van der Waals surface area contributed by atoms with E-state index < -0.39 is 0 Å². The van der Waals surface area contributed by atoms with Gasteiger partial charge < -0.3 is 15.2 Å². The van der Waals surface area contributed by atoms with Crippen molar-refractivity contribution in [2.75, 3.05) is 33.3 Å². The van der Waals surface area contributed by atoms with Crippen molar-refractivity contribution in [1.82, 2.24) is 10.2 Å². The van der Waals surface area contributed by atoms with Crippen molar-refractivity contribution in [3.05, 3.63) is 23.3 Å². The highest BCUT2D eigenvalue weighted by atomic mass is 16.5. The lowest BCUT2D eigenvalue weighted by Crippen LogP contribution is -2.45. The van der Waals surface area contributed by atoms with E-state index in [1.807, 2.05) is 0 Å². The molecule has 5 nitrogen and oxygen atoms in total. The maximum atomic E-state index is 10.6. The van der Waals surface area contributed by atoms with Gasteiger partial charge in [0.15, 0.2) is 11.5 Å². The largest absolute Gasteiger partial charge is 0.504 e. The van der Waals surface area contributed by atoms with Crippen molar-refractivity contribution in [2.45, 2.75) is 18.9 Å². The molecule has 1 saturated carbocycles. The summed E-state index contributed by atoms with van der Waals surface area (Å²) in [6, 6.07) is 5.78. The highest BCUT2D eigenvalue weighted by Gasteiger charge is 2.40. The fourth-order valence-electron chi connectivity index (χ4n) is 3.24. The van der Waals surface area contributed by atoms with Crippen molar-refractivity contribution in [3.63, 3.8) is 0 Å². The minimum Gasteiger partial charge on any atom is -0.504 e. The Morgan fingerprint density at radius 3 is 2.67 bits per heavy atom. The van der Waals surface area contributed by atoms with Crippen LogP contribution in [0.3, 0.4) is 0 Å². The van der Waals surface area contributed by atoms with Crippen LogP contribution in [0.1, 0.15) is 30.0 Å². The molecule has 0 unspecified atom stereocenters. The molecule has 0 spiro atoms. The van der Waals surface area contributed by atoms with Crippen molar-refractivity contribution < 1.29 is 9.84 Å². The van der Waals surface area contributed by atoms with Crippen LogP contribution in [0.2, 0.25) is 0 Å². The minimum absolute atomic E-state index is 0.122. The number of nitrogens with zero attached hydrogens (tertiary/aromatic N) is 2. The van der Waals surface area contributed by atoms with Crippen LogP contribution >= 0.6 is 0 Å². The predicted octanol–water partition coefficient (Wildman–Crippen LogP) is 1.63. The Bertz CT molecular complexity index is 557. The highest BCUT2D eigenvalue weighted by molar-refractivity contribution is 5.55. The van der Waals surface area contributed by atoms with E-state index in [9.17, 15) is 10.4 Å². The number of aromatic hydroxyl groups is 1. The maximum absolute atomic E-state index is 10.6. The van der Waals surface area contributed by atoms with Gasteiger partial charge in [0.1, 0.15) is 0 Å². The molecule has 0 amide bonds. The smallest absolute Gasteiger partial charge is 0.163 e. The van der Waals surface area contributed by atoms with E-state index in [1.165, 1.54) is 0 Å². The molecule has 1 aromatic carbocycles. The maximum Gasteiger partial charge on any atom is 0.163 e. The Balaban J connectivity index is 2.04. The second-order valence-electron chi connectivity index (χ2n) is 5.76. The monoisotopic (exact) mass is 287 g/mol. The molecule has 2 aliphatic rings. The third kappa shape index (κ3) is 2.69. The summed E-state index contributed by atoms with van der Waals surface area (Å²) in [7, 11) is 1.54. The Morgan fingerprint density at radius 1 is 1.38 bits per heavy atom. The molecule has 2 N–H and O–H groups in total. The van der Waals surface area contributed by atoms with E-state index in [0.29, 0.717) is 17.2 Å². The molecule has 1 aliphatic carbocycles. The first-order valence-electron chi connectivity index (χ1n) is 7.51. The zero-order chi connectivity index (χ0) is 14.8. The van der Waals surface area contributed by atoms with Crippen LogP contribution in [0.25, 0.3) is 0 Å². The van der Waals surface area contributed by atoms with Crippen molar-refractivity contribution in [2.24, 2.45) is 5.92 Å². The van der Waals surface area contributed by atoms with Crippen LogP contribution in [0.5, 0.6) is 11.5 Å². The molecular formula is C16H21N3O2. The fourth-order valence-corrected chi connectivity index (χ4v) is 3.24. The van der Waals surface area contributed by atoms with Gasteiger partial charge in [-0.3, -0.25) is 4.90 Å². The van der Waals surface area contributed by atoms with Crippen LogP contribution in [0.15, 0.2) is 12.1 Å². The van der Waals surface area contributed by atoms with Gasteiger partial charge in [0, 0.05) is 37.8 Å². The number of benzene rings is 1. The average molecular weight is 287 g/mol. The van der Waals surface area contributed by atoms with Crippen molar-refractivity contribution in [1.29, 1.82) is 5.26 Å². The van der Waals surface area contributed by atoms with E-state index in [-0.39, 0.29) is 11.8 Å². The van der Waals surface area contributed by atoms with Gasteiger partial charge >= 0.3 is 0 Å². The standard InChI is InChI=1S/C16H21N3O2/c1-21-13-5-4-12(10-17)14(16(13)20)15(11-2-3-11)19-8-6-18-7-9-19/h4-5,11,15,18,20H,2-3,6-9H2,1H3/t15-/m1/s1. The second kappa shape index (κ2) is 5.92. The molecule has 0 aromatic heterocycles. The molecule has 1 atom stereocenters. The number of methoxy groups -OCH3 is 1. The third-order valence-corrected chi connectivity index (χ3v) is 4.43. The van der Waals surface area contributed by atoms with Crippen molar-refractivity contribution in [3.8, 4) is 17.6 Å². The number of nitrogens with one attached hydrogen (secondary N) is 1. The molecule has 5 heteroatoms. The first-order valence-corrected chi connectivity index (χ1v) is 7.51. The van der Waals surface area contributed by atoms with E-state index in [2.05, 4.69) is 16.3 Å². The predicted molar refractivity (Wildman–Crippen MR) is 79.3 cm³/mol. The quantitative estimate of drug-likeness (QED) is 0.881. The van der Waals surface area contributed by atoms with Gasteiger partial charge in [-0.1, -0.05) is 0 Å². The Morgan fingerprint density at radius 2 is 2.10 bits per heavy atom. The zero-order valence-corrected chi connectivity index (χ0v) is 12.3. The summed E-state index contributed by atoms with van der Waals surface area (Å²) in [4.78, 5) is 2.39. The molecule has 3 rings (SSSR count). The molecule has 112 valence electrons. The average Bonchev–Trinajstić information content (AvgIpc) is 3.35. The van der Waals surface area contributed by atoms with E-state index in [0.717, 1.165) is 44.6 Å². The molecule has 0 radical (unpaired) electrons. The summed E-state index contributed by atoms with van der Waals surface area (Å²) < 4.78 is 5.23. The number of hydrogen-bond acceptors (Lipinski definition) is 5. The van der Waals surface area contributed by atoms with E-state index >= 15 is 0 Å². The third-order valence-electron chi connectivity index (χ3n) is 4.43. The summed E-state index contributed by atoms with van der Waals surface area (Å²) >= 11 is 0. The summed E-state index contributed by atoms with van der Waals surface area (Å²) in [6.07, 6.45) is 2.33. The first kappa shape index (κ1) is 14.2. The molecular weight excluding hydrogens is 266 g/mol. The lowest BCUT2D eigenvalue weighted by molar-refractivity contribution is 0.153. The minimum atomic E-state index is 0.122. The number of piperazine rings is 1. The number of ether oxygens (including phenoxy) is 1. The van der Waals surface area contributed by atoms with Crippen LogP contribution in [0.4, 0.5) is 0 Å². The lowest BCUT2D eigenvalue weighted by atomic mass is 9.94. The first-order chi connectivity index (χ1) is 10.3. The Hall–Kier alpha value is -1.77. The van der Waals surface area contributed by atoms with Gasteiger partial charge in [0.05, 0.1) is 18.7 Å². The summed E-state index contributed by atoms with van der Waals surface area (Å²) in [5, 5.41) is 23.3. The highest BCUT2D eigenvalue weighted by Crippen LogP contribution is 2.49. The Kier molecular flexibility index (Phi) is 4.00. The molecule has 1 aliphatic heterocycles. The SMILES string of the molecule is COc1ccc(C#N)c([C@@H](C2CC2)N2CCNCC2)c1O. The molecule has 0 bridgehead atoms. The number of phenols is 1. The zero-order valence-electron chi connectivity index (χ0n) is 12.3. The summed E-state index contributed by atoms with van der Waals surface area (Å²) in [5.74, 6) is 1.12. The number of phenolic OH excluding ortho intramolecular Hbond substituents is 1. The number of rotatable bonds is 4. The van der Waals surface area contributed by atoms with Gasteiger partial charge in [0.25, 0.3) is 0 Å². The lowest BCUT2D eigenvalue weighted by Gasteiger charge is -2.36. The molecule has 21 heavy (non-hydrogen) atoms. The van der Waals surface area contributed by atoms with Gasteiger partial charge in [-0.2, -0.15) is 5.26 Å². The van der Waals surface area contributed by atoms with Gasteiger partial charge in [0.2, 0.25) is 0 Å². The van der Waals surface area contributed by atoms with Crippen LogP contribution < -0.4 is 10.1 Å². The fraction of sp³-hybridized carbons (Fsp3) is 0.562. The van der Waals surface area contributed by atoms with E-state index in [4.69, 9.17) is 4.74 Å². The number of nitriles is 1. The van der Waals surface area contributed by atoms with E-state index in [1.54, 1.807) is 19.2 Å². The van der Waals surface area contributed by atoms with Gasteiger partial charge in [-0.15, -0.1) is 0 Å². The topological polar surface area (TPSA) is 68.5 Å². The van der Waals surface area contributed by atoms with Crippen LogP contribution in [0, 0.1) is 17.2 Å². The van der Waals surface area contributed by atoms with Crippen LogP contribution in [-0.4, -0.2) is 43.3 Å². The number of hydrogen-bond donors (Lipinski definition) is 2. The molecule has 1 heterocycles. The van der Waals surface area contributed by atoms with Gasteiger partial charge in [-0.25, -0.2) is 0 Å². The summed E-state index contributed by atoms with van der Waals surface area (Å²) in [6.45, 7) is 3.80. The Labute approximate surface area is 125 Å². The van der Waals surface area contributed by atoms with Crippen molar-refractivity contribution >= 4 is 0 Å². The second-order valence-corrected chi connectivity index (χ2v) is 5.76. The summed E-state index contributed by atoms with van der Waals surface area (Å²) in [5.41, 5.74) is 1.31. The molecule has 1 saturated heterocycles. The van der Waals surface area contributed by atoms with Crippen LogP contribution in [-0.2, 0) is 0 Å². The normalized spacial score (nSPS) is 20.8. The molecule has 1 aromatic rings.